The standard InChI is InChI=1S/C17H23N5O2S/c23-15-4-3-14(16(24)19-15)22-10-11-9-12(1-2-13(11)17(22)25)20-21-7-5-18-6-8-21/h1-2,9,14,17-18,20,25H,3-8,10H2,(H,19,23,24). The average molecular weight is 361 g/mol. The number of hydrogen-bond donors (Lipinski definition) is 4. The van der Waals surface area contributed by atoms with E-state index in [1.54, 1.807) is 0 Å². The number of carbonyl (C=O) groups excluding carboxylic acids is 2. The van der Waals surface area contributed by atoms with Gasteiger partial charge >= 0.3 is 0 Å². The lowest BCUT2D eigenvalue weighted by Crippen LogP contribution is -2.51. The van der Waals surface area contributed by atoms with Crippen molar-refractivity contribution in [3.8, 4) is 0 Å². The summed E-state index contributed by atoms with van der Waals surface area (Å²) in [5, 5.41) is 7.87. The number of fused-ring (bicyclic) bond motifs is 1. The van der Waals surface area contributed by atoms with E-state index in [0.717, 1.165) is 37.4 Å². The number of nitrogens with zero attached hydrogens (tertiary/aromatic N) is 2. The molecule has 7 nitrogen and oxygen atoms in total. The highest BCUT2D eigenvalue weighted by Crippen LogP contribution is 2.40. The van der Waals surface area contributed by atoms with Gasteiger partial charge in [-0.1, -0.05) is 6.07 Å². The van der Waals surface area contributed by atoms with Crippen molar-refractivity contribution in [2.75, 3.05) is 31.6 Å². The van der Waals surface area contributed by atoms with Crippen molar-refractivity contribution < 1.29 is 9.59 Å². The lowest BCUT2D eigenvalue weighted by atomic mass is 10.0. The Morgan fingerprint density at radius 2 is 2.00 bits per heavy atom. The molecule has 0 radical (unpaired) electrons. The second kappa shape index (κ2) is 6.95. The van der Waals surface area contributed by atoms with Crippen LogP contribution in [0.1, 0.15) is 29.3 Å². The molecule has 3 heterocycles. The smallest absolute Gasteiger partial charge is 0.243 e. The van der Waals surface area contributed by atoms with Crippen LogP contribution in [0, 0.1) is 0 Å². The molecule has 8 heteroatoms. The Morgan fingerprint density at radius 3 is 2.76 bits per heavy atom. The molecule has 4 rings (SSSR count). The molecule has 2 fully saturated rings. The van der Waals surface area contributed by atoms with Crippen LogP contribution < -0.4 is 16.1 Å². The Hall–Kier alpha value is -1.61. The van der Waals surface area contributed by atoms with Crippen molar-refractivity contribution in [1.29, 1.82) is 0 Å². The van der Waals surface area contributed by atoms with Crippen molar-refractivity contribution in [2.24, 2.45) is 0 Å². The van der Waals surface area contributed by atoms with Gasteiger partial charge in [-0.2, -0.15) is 12.6 Å². The first kappa shape index (κ1) is 16.8. The molecule has 2 atom stereocenters. The quantitative estimate of drug-likeness (QED) is 0.463. The molecular formula is C17H23N5O2S. The van der Waals surface area contributed by atoms with Gasteiger partial charge in [-0.25, -0.2) is 5.01 Å². The summed E-state index contributed by atoms with van der Waals surface area (Å²) in [6, 6.07) is 6.01. The lowest BCUT2D eigenvalue weighted by Gasteiger charge is -2.32. The first-order valence-corrected chi connectivity index (χ1v) is 9.26. The number of amides is 2. The van der Waals surface area contributed by atoms with Crippen LogP contribution in [0.3, 0.4) is 0 Å². The van der Waals surface area contributed by atoms with Gasteiger partial charge in [0.1, 0.15) is 0 Å². The van der Waals surface area contributed by atoms with E-state index >= 15 is 0 Å². The van der Waals surface area contributed by atoms with Crippen molar-refractivity contribution in [3.63, 3.8) is 0 Å². The molecule has 2 amide bonds. The fraction of sp³-hybridized carbons (Fsp3) is 0.529. The highest BCUT2D eigenvalue weighted by Gasteiger charge is 2.39. The van der Waals surface area contributed by atoms with Gasteiger partial charge in [0.2, 0.25) is 11.8 Å². The number of thiol groups is 1. The molecule has 0 aliphatic carbocycles. The van der Waals surface area contributed by atoms with E-state index in [4.69, 9.17) is 12.6 Å². The maximum atomic E-state index is 12.2. The second-order valence-corrected chi connectivity index (χ2v) is 7.26. The molecule has 0 saturated carbocycles. The third kappa shape index (κ3) is 3.39. The highest BCUT2D eigenvalue weighted by atomic mass is 32.1. The molecule has 25 heavy (non-hydrogen) atoms. The minimum atomic E-state index is -0.294. The fourth-order valence-electron chi connectivity index (χ4n) is 3.76. The Balaban J connectivity index is 1.48. The van der Waals surface area contributed by atoms with E-state index in [0.29, 0.717) is 19.4 Å². The Kier molecular flexibility index (Phi) is 4.68. The van der Waals surface area contributed by atoms with Gasteiger partial charge in [0.05, 0.1) is 11.4 Å². The monoisotopic (exact) mass is 361 g/mol. The van der Waals surface area contributed by atoms with Gasteiger partial charge in [-0.15, -0.1) is 0 Å². The summed E-state index contributed by atoms with van der Waals surface area (Å²) in [5.74, 6) is -0.390. The summed E-state index contributed by atoms with van der Waals surface area (Å²) in [6.07, 6.45) is 0.946. The predicted molar refractivity (Wildman–Crippen MR) is 97.9 cm³/mol. The van der Waals surface area contributed by atoms with Gasteiger partial charge in [0, 0.05) is 44.8 Å². The number of piperazine rings is 1. The first-order valence-electron chi connectivity index (χ1n) is 8.74. The third-order valence-corrected chi connectivity index (χ3v) is 5.68. The van der Waals surface area contributed by atoms with Crippen molar-refractivity contribution in [3.05, 3.63) is 29.3 Å². The number of hydrogen-bond acceptors (Lipinski definition) is 7. The van der Waals surface area contributed by atoms with E-state index in [9.17, 15) is 9.59 Å². The summed E-state index contributed by atoms with van der Waals surface area (Å²) in [4.78, 5) is 25.6. The van der Waals surface area contributed by atoms with Gasteiger partial charge < -0.3 is 10.7 Å². The maximum Gasteiger partial charge on any atom is 0.243 e. The van der Waals surface area contributed by atoms with Crippen molar-refractivity contribution >= 4 is 30.1 Å². The molecule has 0 spiro atoms. The third-order valence-electron chi connectivity index (χ3n) is 5.10. The average Bonchev–Trinajstić information content (AvgIpc) is 2.92. The van der Waals surface area contributed by atoms with E-state index < -0.39 is 0 Å². The zero-order chi connectivity index (χ0) is 17.4. The van der Waals surface area contributed by atoms with Gasteiger partial charge in [0.25, 0.3) is 0 Å². The molecule has 2 saturated heterocycles. The molecule has 3 aliphatic rings. The Bertz CT molecular complexity index is 692. The van der Waals surface area contributed by atoms with Crippen LogP contribution in [0.4, 0.5) is 5.69 Å². The summed E-state index contributed by atoms with van der Waals surface area (Å²) < 4.78 is 0. The van der Waals surface area contributed by atoms with Crippen LogP contribution in [-0.4, -0.2) is 53.9 Å². The van der Waals surface area contributed by atoms with E-state index in [2.05, 4.69) is 44.2 Å². The minimum Gasteiger partial charge on any atom is -0.319 e. The fourth-order valence-corrected chi connectivity index (χ4v) is 4.26. The summed E-state index contributed by atoms with van der Waals surface area (Å²) in [5.41, 5.74) is 6.84. The lowest BCUT2D eigenvalue weighted by molar-refractivity contribution is -0.137. The van der Waals surface area contributed by atoms with Crippen LogP contribution in [0.2, 0.25) is 0 Å². The summed E-state index contributed by atoms with van der Waals surface area (Å²) >= 11 is 4.73. The maximum absolute atomic E-state index is 12.2. The van der Waals surface area contributed by atoms with E-state index in [1.165, 1.54) is 5.56 Å². The first-order chi connectivity index (χ1) is 12.1. The molecular weight excluding hydrogens is 338 g/mol. The van der Waals surface area contributed by atoms with Crippen LogP contribution >= 0.6 is 12.6 Å². The number of rotatable bonds is 3. The van der Waals surface area contributed by atoms with E-state index in [1.807, 2.05) is 0 Å². The van der Waals surface area contributed by atoms with Crippen LogP contribution in [0.25, 0.3) is 0 Å². The number of benzene rings is 1. The predicted octanol–water partition coefficient (Wildman–Crippen LogP) is 0.468. The van der Waals surface area contributed by atoms with Crippen LogP contribution in [0.15, 0.2) is 18.2 Å². The molecule has 0 aromatic heterocycles. The number of hydrazine groups is 1. The SMILES string of the molecule is O=C1CCC(N2Cc3cc(NN4CCNCC4)ccc3C2S)C(=O)N1. The number of piperidine rings is 1. The van der Waals surface area contributed by atoms with Gasteiger partial charge in [0.15, 0.2) is 0 Å². The summed E-state index contributed by atoms with van der Waals surface area (Å²) in [6.45, 7) is 4.58. The van der Waals surface area contributed by atoms with Gasteiger partial charge in [-0.3, -0.25) is 19.8 Å². The second-order valence-electron chi connectivity index (χ2n) is 6.78. The molecule has 134 valence electrons. The van der Waals surface area contributed by atoms with Crippen LogP contribution in [-0.2, 0) is 16.1 Å². The number of imide groups is 1. The largest absolute Gasteiger partial charge is 0.319 e. The minimum absolute atomic E-state index is 0.118. The topological polar surface area (TPSA) is 76.7 Å². The Labute approximate surface area is 152 Å². The zero-order valence-corrected chi connectivity index (χ0v) is 14.9. The van der Waals surface area contributed by atoms with Crippen molar-refractivity contribution in [2.45, 2.75) is 30.8 Å². The molecule has 0 bridgehead atoms. The number of nitrogens with one attached hydrogen (secondary N) is 3. The molecule has 1 aromatic carbocycles. The van der Waals surface area contributed by atoms with Gasteiger partial charge in [-0.05, 0) is 29.7 Å². The zero-order valence-electron chi connectivity index (χ0n) is 14.0. The summed E-state index contributed by atoms with van der Waals surface area (Å²) in [7, 11) is 0. The number of carbonyl (C=O) groups is 2. The molecule has 3 N–H and O–H groups in total. The van der Waals surface area contributed by atoms with Crippen LogP contribution in [0.5, 0.6) is 0 Å². The van der Waals surface area contributed by atoms with Crippen molar-refractivity contribution in [1.82, 2.24) is 20.5 Å². The Morgan fingerprint density at radius 1 is 1.20 bits per heavy atom. The highest BCUT2D eigenvalue weighted by molar-refractivity contribution is 7.80. The molecule has 3 aliphatic heterocycles. The molecule has 2 unspecified atom stereocenters. The van der Waals surface area contributed by atoms with E-state index in [-0.39, 0.29) is 23.2 Å². The normalized spacial score (nSPS) is 27.9. The number of anilines is 1. The molecule has 1 aromatic rings.